The zero-order valence-electron chi connectivity index (χ0n) is 22.8. The summed E-state index contributed by atoms with van der Waals surface area (Å²) in [6, 6.07) is 17.9. The second kappa shape index (κ2) is 9.67. The summed E-state index contributed by atoms with van der Waals surface area (Å²) in [6.45, 7) is 11.8. The van der Waals surface area contributed by atoms with Crippen LogP contribution in [0.4, 0.5) is 0 Å². The van der Waals surface area contributed by atoms with E-state index in [1.807, 2.05) is 77.1 Å². The summed E-state index contributed by atoms with van der Waals surface area (Å²) in [7, 11) is 0. The number of hydrogen-bond acceptors (Lipinski definition) is 4. The second-order valence-corrected chi connectivity index (χ2v) is 10.9. The molecule has 6 heteroatoms. The fourth-order valence-corrected chi connectivity index (χ4v) is 5.50. The number of aromatic amines is 2. The topological polar surface area (TPSA) is 84.2 Å². The third-order valence-corrected chi connectivity index (χ3v) is 7.18. The van der Waals surface area contributed by atoms with Crippen LogP contribution in [0.3, 0.4) is 0 Å². The molecule has 2 N–H and O–H groups in total. The molecule has 1 aliphatic carbocycles. The maximum Gasteiger partial charge on any atom is 0.355 e. The van der Waals surface area contributed by atoms with Gasteiger partial charge in [-0.2, -0.15) is 0 Å². The minimum Gasteiger partial charge on any atom is -0.456 e. The highest BCUT2D eigenvalue weighted by atomic mass is 16.6. The van der Waals surface area contributed by atoms with Crippen LogP contribution >= 0.6 is 0 Å². The first-order valence-electron chi connectivity index (χ1n) is 13.1. The van der Waals surface area contributed by atoms with Gasteiger partial charge in [0.25, 0.3) is 0 Å². The first-order valence-corrected chi connectivity index (χ1v) is 13.1. The standard InChI is InChI=1S/C32H34N2O4/c1-7-21-18(2)26(30(35)37-17-20-13-9-8-10-14-20)33-28(21)25-23-16-12-11-15-22(23)24-19(3)27(34-29(24)25)31(36)38-32(4,5)6/h8-16,25,33-34H,7,17H2,1-6H3. The van der Waals surface area contributed by atoms with Crippen LogP contribution in [0.25, 0.3) is 11.1 Å². The number of fused-ring (bicyclic) bond motifs is 3. The molecule has 0 radical (unpaired) electrons. The van der Waals surface area contributed by atoms with Crippen molar-refractivity contribution < 1.29 is 19.1 Å². The van der Waals surface area contributed by atoms with Crippen molar-refractivity contribution in [2.24, 2.45) is 0 Å². The number of hydrogen-bond donors (Lipinski definition) is 2. The maximum absolute atomic E-state index is 13.2. The van der Waals surface area contributed by atoms with Gasteiger partial charge in [-0.3, -0.25) is 0 Å². The van der Waals surface area contributed by atoms with Gasteiger partial charge in [0, 0.05) is 17.0 Å². The third-order valence-electron chi connectivity index (χ3n) is 7.18. The van der Waals surface area contributed by atoms with E-state index in [1.54, 1.807) is 0 Å². The lowest BCUT2D eigenvalue weighted by atomic mass is 9.92. The van der Waals surface area contributed by atoms with Crippen molar-refractivity contribution in [3.8, 4) is 11.1 Å². The van der Waals surface area contributed by atoms with Gasteiger partial charge in [0.05, 0.1) is 5.92 Å². The minimum atomic E-state index is -0.600. The molecule has 0 bridgehead atoms. The molecule has 38 heavy (non-hydrogen) atoms. The zero-order valence-corrected chi connectivity index (χ0v) is 22.8. The summed E-state index contributed by atoms with van der Waals surface area (Å²) in [5.41, 5.74) is 9.22. The summed E-state index contributed by atoms with van der Waals surface area (Å²) in [5.74, 6) is -0.930. The van der Waals surface area contributed by atoms with Crippen LogP contribution in [0.2, 0.25) is 0 Å². The quantitative estimate of drug-likeness (QED) is 0.241. The van der Waals surface area contributed by atoms with E-state index in [4.69, 9.17) is 9.47 Å². The van der Waals surface area contributed by atoms with Crippen molar-refractivity contribution >= 4 is 11.9 Å². The smallest absolute Gasteiger partial charge is 0.355 e. The Hall–Kier alpha value is -4.06. The van der Waals surface area contributed by atoms with Gasteiger partial charge in [0.1, 0.15) is 23.6 Å². The number of esters is 2. The number of carbonyl (C=O) groups excluding carboxylic acids is 2. The Bertz CT molecular complexity index is 1520. The van der Waals surface area contributed by atoms with Gasteiger partial charge in [0.2, 0.25) is 0 Å². The van der Waals surface area contributed by atoms with Crippen LogP contribution < -0.4 is 0 Å². The van der Waals surface area contributed by atoms with Gasteiger partial charge in [-0.25, -0.2) is 9.59 Å². The molecule has 0 aliphatic heterocycles. The van der Waals surface area contributed by atoms with Crippen LogP contribution in [-0.2, 0) is 22.5 Å². The van der Waals surface area contributed by atoms with E-state index in [1.165, 1.54) is 0 Å². The molecule has 0 amide bonds. The maximum atomic E-state index is 13.2. The zero-order chi connectivity index (χ0) is 27.2. The van der Waals surface area contributed by atoms with Gasteiger partial charge >= 0.3 is 11.9 Å². The Morgan fingerprint density at radius 2 is 1.47 bits per heavy atom. The number of aromatic nitrogens is 2. The van der Waals surface area contributed by atoms with Gasteiger partial charge in [-0.15, -0.1) is 0 Å². The van der Waals surface area contributed by atoms with Crippen molar-refractivity contribution in [2.75, 3.05) is 0 Å². The molecule has 1 aliphatic rings. The lowest BCUT2D eigenvalue weighted by Gasteiger charge is -2.19. The highest BCUT2D eigenvalue weighted by Gasteiger charge is 2.38. The first-order chi connectivity index (χ1) is 18.1. The van der Waals surface area contributed by atoms with E-state index in [9.17, 15) is 9.59 Å². The Morgan fingerprint density at radius 3 is 2.16 bits per heavy atom. The first kappa shape index (κ1) is 25.6. The van der Waals surface area contributed by atoms with Gasteiger partial charge < -0.3 is 19.4 Å². The summed E-state index contributed by atoms with van der Waals surface area (Å²) in [4.78, 5) is 33.1. The Labute approximate surface area is 223 Å². The third kappa shape index (κ3) is 4.44. The molecule has 0 saturated heterocycles. The highest BCUT2D eigenvalue weighted by Crippen LogP contribution is 2.50. The number of ether oxygens (including phenoxy) is 2. The summed E-state index contributed by atoms with van der Waals surface area (Å²) >= 11 is 0. The predicted molar refractivity (Wildman–Crippen MR) is 148 cm³/mol. The van der Waals surface area contributed by atoms with E-state index < -0.39 is 5.60 Å². The molecule has 4 aromatic rings. The molecule has 1 atom stereocenters. The molecule has 0 spiro atoms. The van der Waals surface area contributed by atoms with E-state index >= 15 is 0 Å². The molecule has 1 unspecified atom stereocenters. The van der Waals surface area contributed by atoms with Crippen LogP contribution in [0, 0.1) is 13.8 Å². The van der Waals surface area contributed by atoms with Crippen LogP contribution in [0.15, 0.2) is 54.6 Å². The Kier molecular flexibility index (Phi) is 6.51. The summed E-state index contributed by atoms with van der Waals surface area (Å²) in [5, 5.41) is 0. The molecule has 2 aromatic carbocycles. The fourth-order valence-electron chi connectivity index (χ4n) is 5.50. The average Bonchev–Trinajstić information content (AvgIpc) is 3.50. The van der Waals surface area contributed by atoms with Crippen LogP contribution in [0.5, 0.6) is 0 Å². The van der Waals surface area contributed by atoms with Gasteiger partial charge in [0.15, 0.2) is 0 Å². The van der Waals surface area contributed by atoms with Crippen LogP contribution in [-0.4, -0.2) is 27.5 Å². The Balaban J connectivity index is 1.57. The van der Waals surface area contributed by atoms with E-state index in [2.05, 4.69) is 29.0 Å². The van der Waals surface area contributed by atoms with Crippen molar-refractivity contribution in [1.29, 1.82) is 0 Å². The minimum absolute atomic E-state index is 0.180. The molecule has 196 valence electrons. The molecule has 6 nitrogen and oxygen atoms in total. The SMILES string of the molecule is CCc1c(C2c3ccccc3-c3c2[nH]c(C(=O)OC(C)(C)C)c3C)[nH]c(C(=O)OCc2ccccc2)c1C. The summed E-state index contributed by atoms with van der Waals surface area (Å²) < 4.78 is 11.4. The van der Waals surface area contributed by atoms with E-state index in [0.717, 1.165) is 56.8 Å². The molecule has 2 aromatic heterocycles. The normalized spacial score (nSPS) is 14.2. The van der Waals surface area contributed by atoms with Gasteiger partial charge in [-0.05, 0) is 74.4 Å². The lowest BCUT2D eigenvalue weighted by Crippen LogP contribution is -2.24. The molecule has 5 rings (SSSR count). The largest absolute Gasteiger partial charge is 0.456 e. The lowest BCUT2D eigenvalue weighted by molar-refractivity contribution is 0.00623. The molecule has 0 saturated carbocycles. The predicted octanol–water partition coefficient (Wildman–Crippen LogP) is 6.99. The van der Waals surface area contributed by atoms with Crippen molar-refractivity contribution in [3.05, 3.63) is 105 Å². The Morgan fingerprint density at radius 1 is 0.842 bits per heavy atom. The second-order valence-electron chi connectivity index (χ2n) is 10.9. The molecular weight excluding hydrogens is 476 g/mol. The number of carbonyl (C=O) groups is 2. The van der Waals surface area contributed by atoms with E-state index in [-0.39, 0.29) is 24.5 Å². The van der Waals surface area contributed by atoms with Crippen molar-refractivity contribution in [2.45, 2.75) is 66.1 Å². The molecular formula is C32H34N2O4. The fraction of sp³-hybridized carbons (Fsp3) is 0.312. The average molecular weight is 511 g/mol. The summed E-state index contributed by atoms with van der Waals surface area (Å²) in [6.07, 6.45) is 0.746. The monoisotopic (exact) mass is 510 g/mol. The van der Waals surface area contributed by atoms with Crippen molar-refractivity contribution in [3.63, 3.8) is 0 Å². The van der Waals surface area contributed by atoms with Gasteiger partial charge in [-0.1, -0.05) is 61.5 Å². The highest BCUT2D eigenvalue weighted by molar-refractivity contribution is 5.96. The number of nitrogens with one attached hydrogen (secondary N) is 2. The van der Waals surface area contributed by atoms with Crippen LogP contribution in [0.1, 0.15) is 93.8 Å². The van der Waals surface area contributed by atoms with Crippen molar-refractivity contribution in [1.82, 2.24) is 9.97 Å². The molecule has 0 fully saturated rings. The number of benzene rings is 2. The number of rotatable bonds is 6. The number of H-pyrrole nitrogens is 2. The van der Waals surface area contributed by atoms with E-state index in [0.29, 0.717) is 11.4 Å². The molecule has 2 heterocycles.